The fourth-order valence-corrected chi connectivity index (χ4v) is 8.43. The number of likely N-dealkylation sites (tertiary alicyclic amines) is 1. The number of hydrogen-bond acceptors (Lipinski definition) is 9. The molecule has 48 heavy (non-hydrogen) atoms. The van der Waals surface area contributed by atoms with Crippen LogP contribution in [0, 0.1) is 40.7 Å². The van der Waals surface area contributed by atoms with Crippen molar-refractivity contribution in [2.45, 2.75) is 56.3 Å². The standard InChI is InChI=1S/C37H34F2N6O3/c1-2-27-30(38)6-3-20-9-25(46)12-28(31(20)27)32-21(13-40)10-29-34(33(32)39)42-36(43-35(29)44-14-22-4-5-23(15-44)41-22)48-19-37(7-8-37)18-45-16-26-11-24(45)17-47-26/h1,3,6,9-10,12,22-24,26,41,46H,4-5,7-8,11,14-19H2/t22?,23?,24-,26-/m0/s1. The van der Waals surface area contributed by atoms with Crippen LogP contribution in [0.4, 0.5) is 14.6 Å². The van der Waals surface area contributed by atoms with Crippen molar-refractivity contribution < 1.29 is 23.4 Å². The van der Waals surface area contributed by atoms with Gasteiger partial charge in [-0.3, -0.25) is 4.90 Å². The van der Waals surface area contributed by atoms with Crippen molar-refractivity contribution in [3.05, 3.63) is 53.1 Å². The highest BCUT2D eigenvalue weighted by atomic mass is 19.1. The normalized spacial score (nSPS) is 25.5. The van der Waals surface area contributed by atoms with E-state index in [-0.39, 0.29) is 62.4 Å². The molecule has 4 aromatic rings. The number of phenols is 1. The van der Waals surface area contributed by atoms with Gasteiger partial charge in [0.25, 0.3) is 0 Å². The van der Waals surface area contributed by atoms with E-state index in [4.69, 9.17) is 20.9 Å². The first-order chi connectivity index (χ1) is 23.3. The second-order valence-electron chi connectivity index (χ2n) is 14.2. The van der Waals surface area contributed by atoms with E-state index in [0.717, 1.165) is 51.8 Å². The number of nitrogens with zero attached hydrogens (tertiary/aromatic N) is 5. The molecule has 4 bridgehead atoms. The minimum Gasteiger partial charge on any atom is -0.508 e. The van der Waals surface area contributed by atoms with E-state index < -0.39 is 11.6 Å². The third kappa shape index (κ3) is 4.83. The van der Waals surface area contributed by atoms with Crippen LogP contribution in [0.2, 0.25) is 0 Å². The van der Waals surface area contributed by atoms with Crippen LogP contribution in [0.5, 0.6) is 11.8 Å². The molecule has 9 nitrogen and oxygen atoms in total. The summed E-state index contributed by atoms with van der Waals surface area (Å²) in [6, 6.07) is 10.3. The topological polar surface area (TPSA) is 107 Å². The Balaban J connectivity index is 1.17. The third-order valence-electron chi connectivity index (χ3n) is 11.0. The van der Waals surface area contributed by atoms with Gasteiger partial charge in [0, 0.05) is 66.1 Å². The SMILES string of the molecule is C#Cc1c(F)ccc2cc(O)cc(-c3c(C#N)cc4c(N5CC6CCC(C5)N6)nc(OCC5(CN6C[C@@H]7C[C@H]6CO7)CC5)nc4c3F)c12. The van der Waals surface area contributed by atoms with Crippen LogP contribution in [0.25, 0.3) is 32.8 Å². The molecule has 1 aliphatic carbocycles. The molecule has 9 rings (SSSR count). The second-order valence-corrected chi connectivity index (χ2v) is 14.2. The summed E-state index contributed by atoms with van der Waals surface area (Å²) in [5.74, 6) is 1.28. The number of morpholine rings is 1. The maximum Gasteiger partial charge on any atom is 0.319 e. The van der Waals surface area contributed by atoms with Gasteiger partial charge in [0.15, 0.2) is 5.82 Å². The van der Waals surface area contributed by atoms with E-state index in [0.29, 0.717) is 48.4 Å². The molecular formula is C37H34F2N6O3. The molecule has 5 aliphatic rings. The lowest BCUT2D eigenvalue weighted by atomic mass is 9.90. The summed E-state index contributed by atoms with van der Waals surface area (Å²) in [6.07, 6.45) is 11.3. The van der Waals surface area contributed by atoms with Crippen LogP contribution in [-0.2, 0) is 4.74 Å². The number of phenolic OH excluding ortho intramolecular Hbond substituents is 1. The number of halogens is 2. The molecule has 5 fully saturated rings. The molecule has 0 amide bonds. The smallest absolute Gasteiger partial charge is 0.319 e. The number of benzene rings is 3. The van der Waals surface area contributed by atoms with E-state index in [2.05, 4.69) is 32.1 Å². The van der Waals surface area contributed by atoms with E-state index in [1.807, 2.05) is 0 Å². The first-order valence-electron chi connectivity index (χ1n) is 16.7. The Labute approximate surface area is 276 Å². The van der Waals surface area contributed by atoms with Crippen LogP contribution < -0.4 is 15.0 Å². The van der Waals surface area contributed by atoms with Gasteiger partial charge in [0.2, 0.25) is 0 Å². The number of hydrogen-bond donors (Lipinski definition) is 2. The molecule has 2 unspecified atom stereocenters. The average Bonchev–Trinajstić information content (AvgIpc) is 3.34. The van der Waals surface area contributed by atoms with Gasteiger partial charge in [0.1, 0.15) is 22.9 Å². The molecule has 0 spiro atoms. The molecule has 4 aliphatic heterocycles. The van der Waals surface area contributed by atoms with Gasteiger partial charge in [-0.25, -0.2) is 8.78 Å². The molecule has 244 valence electrons. The maximum atomic E-state index is 17.2. The molecule has 1 aromatic heterocycles. The number of terminal acetylenes is 1. The van der Waals surface area contributed by atoms with E-state index in [1.54, 1.807) is 6.07 Å². The van der Waals surface area contributed by atoms with Gasteiger partial charge in [0.05, 0.1) is 36.5 Å². The number of fused-ring (bicyclic) bond motifs is 6. The number of aromatic nitrogens is 2. The molecule has 11 heteroatoms. The molecule has 4 saturated heterocycles. The van der Waals surface area contributed by atoms with Crippen LogP contribution in [0.1, 0.15) is 43.2 Å². The lowest BCUT2D eigenvalue weighted by Gasteiger charge is -2.34. The maximum absolute atomic E-state index is 17.2. The highest BCUT2D eigenvalue weighted by Gasteiger charge is 2.49. The number of rotatable bonds is 7. The molecule has 0 radical (unpaired) electrons. The van der Waals surface area contributed by atoms with Crippen molar-refractivity contribution in [1.29, 1.82) is 5.26 Å². The van der Waals surface area contributed by atoms with Crippen molar-refractivity contribution in [2.24, 2.45) is 5.41 Å². The number of nitriles is 1. The van der Waals surface area contributed by atoms with Crippen molar-refractivity contribution >= 4 is 27.5 Å². The van der Waals surface area contributed by atoms with Crippen molar-refractivity contribution in [2.75, 3.05) is 44.3 Å². The van der Waals surface area contributed by atoms with Crippen molar-refractivity contribution in [3.8, 4) is 41.3 Å². The Morgan fingerprint density at radius 1 is 1.12 bits per heavy atom. The summed E-state index contributed by atoms with van der Waals surface area (Å²) in [4.78, 5) is 14.2. The molecule has 5 heterocycles. The van der Waals surface area contributed by atoms with Crippen LogP contribution in [-0.4, -0.2) is 83.6 Å². The first-order valence-corrected chi connectivity index (χ1v) is 16.7. The van der Waals surface area contributed by atoms with Crippen molar-refractivity contribution in [3.63, 3.8) is 0 Å². The zero-order valence-electron chi connectivity index (χ0n) is 26.3. The Morgan fingerprint density at radius 2 is 1.94 bits per heavy atom. The minimum absolute atomic E-state index is 0.00316. The summed E-state index contributed by atoms with van der Waals surface area (Å²) in [6.45, 7) is 4.41. The van der Waals surface area contributed by atoms with Gasteiger partial charge >= 0.3 is 6.01 Å². The van der Waals surface area contributed by atoms with Gasteiger partial charge < -0.3 is 24.8 Å². The van der Waals surface area contributed by atoms with Crippen LogP contribution in [0.15, 0.2) is 30.3 Å². The summed E-state index contributed by atoms with van der Waals surface area (Å²) < 4.78 is 44.3. The Kier molecular flexibility index (Phi) is 6.77. The Hall–Kier alpha value is -4.55. The molecule has 2 N–H and O–H groups in total. The number of piperazine rings is 1. The van der Waals surface area contributed by atoms with E-state index >= 15 is 4.39 Å². The van der Waals surface area contributed by atoms with Gasteiger partial charge in [-0.2, -0.15) is 15.2 Å². The minimum atomic E-state index is -0.788. The molecule has 3 aromatic carbocycles. The largest absolute Gasteiger partial charge is 0.508 e. The lowest BCUT2D eigenvalue weighted by Crippen LogP contribution is -2.51. The van der Waals surface area contributed by atoms with Crippen LogP contribution >= 0.6 is 0 Å². The molecular weight excluding hydrogens is 614 g/mol. The summed E-state index contributed by atoms with van der Waals surface area (Å²) in [7, 11) is 0. The molecule has 1 saturated carbocycles. The fraction of sp³-hybridized carbons (Fsp3) is 0.432. The predicted molar refractivity (Wildman–Crippen MR) is 176 cm³/mol. The van der Waals surface area contributed by atoms with Crippen molar-refractivity contribution in [1.82, 2.24) is 20.2 Å². The van der Waals surface area contributed by atoms with Gasteiger partial charge in [-0.15, -0.1) is 6.42 Å². The Bertz CT molecular complexity index is 2080. The number of aromatic hydroxyl groups is 1. The van der Waals surface area contributed by atoms with E-state index in [9.17, 15) is 14.8 Å². The summed E-state index contributed by atoms with van der Waals surface area (Å²) in [5, 5.41) is 25.7. The second kappa shape index (κ2) is 11.0. The summed E-state index contributed by atoms with van der Waals surface area (Å²) >= 11 is 0. The average molecular weight is 649 g/mol. The number of ether oxygens (including phenoxy) is 2. The fourth-order valence-electron chi connectivity index (χ4n) is 8.43. The van der Waals surface area contributed by atoms with E-state index in [1.165, 1.54) is 24.3 Å². The quantitative estimate of drug-likeness (QED) is 0.272. The highest BCUT2D eigenvalue weighted by molar-refractivity contribution is 6.05. The highest BCUT2D eigenvalue weighted by Crippen LogP contribution is 2.48. The summed E-state index contributed by atoms with van der Waals surface area (Å²) in [5.41, 5.74) is -0.115. The predicted octanol–water partition coefficient (Wildman–Crippen LogP) is 4.86. The van der Waals surface area contributed by atoms with Gasteiger partial charge in [-0.1, -0.05) is 12.0 Å². The zero-order valence-corrected chi connectivity index (χ0v) is 26.3. The monoisotopic (exact) mass is 648 g/mol. The number of nitrogens with one attached hydrogen (secondary N) is 1. The molecule has 4 atom stereocenters. The zero-order chi connectivity index (χ0) is 32.7. The lowest BCUT2D eigenvalue weighted by molar-refractivity contribution is 0.0176. The van der Waals surface area contributed by atoms with Crippen LogP contribution in [0.3, 0.4) is 0 Å². The Morgan fingerprint density at radius 3 is 2.62 bits per heavy atom. The first kappa shape index (κ1) is 29.6. The van der Waals surface area contributed by atoms with Gasteiger partial charge in [-0.05, 0) is 67.3 Å². The third-order valence-corrected chi connectivity index (χ3v) is 11.0. The number of anilines is 1.